The summed E-state index contributed by atoms with van der Waals surface area (Å²) >= 11 is 0. The molecule has 1 aromatic carbocycles. The Morgan fingerprint density at radius 1 is 1.50 bits per heavy atom. The number of ether oxygens (including phenoxy) is 1. The second kappa shape index (κ2) is 4.85. The highest BCUT2D eigenvalue weighted by Gasteiger charge is 2.30. The van der Waals surface area contributed by atoms with E-state index in [9.17, 15) is 0 Å². The molecule has 0 aromatic heterocycles. The van der Waals surface area contributed by atoms with Crippen LogP contribution >= 0.6 is 0 Å². The van der Waals surface area contributed by atoms with E-state index in [1.165, 1.54) is 5.56 Å². The van der Waals surface area contributed by atoms with Crippen molar-refractivity contribution in [1.82, 2.24) is 4.90 Å². The third kappa shape index (κ3) is 2.20. The maximum absolute atomic E-state index is 6.14. The van der Waals surface area contributed by atoms with Gasteiger partial charge in [-0.05, 0) is 38.1 Å². The molecule has 1 aromatic rings. The van der Waals surface area contributed by atoms with E-state index in [0.29, 0.717) is 12.6 Å². The lowest BCUT2D eigenvalue weighted by Gasteiger charge is -2.23. The molecule has 3 nitrogen and oxygen atoms in total. The van der Waals surface area contributed by atoms with Crippen molar-refractivity contribution in [2.75, 3.05) is 20.2 Å². The molecular formula is C13H20N2O. The molecule has 2 atom stereocenters. The Hall–Kier alpha value is -1.06. The third-order valence-corrected chi connectivity index (χ3v) is 3.21. The second-order valence-electron chi connectivity index (χ2n) is 4.38. The molecule has 3 heteroatoms. The van der Waals surface area contributed by atoms with Gasteiger partial charge >= 0.3 is 0 Å². The standard InChI is InChI=1S/C13H20N2O/c1-3-16-11-6-4-5-10(9-11)13-12(14)7-8-15(13)2/h4-6,9,12-13H,3,7-8,14H2,1-2H3. The lowest BCUT2D eigenvalue weighted by atomic mass is 10.0. The van der Waals surface area contributed by atoms with Gasteiger partial charge in [-0.3, -0.25) is 4.90 Å². The van der Waals surface area contributed by atoms with Crippen LogP contribution < -0.4 is 10.5 Å². The lowest BCUT2D eigenvalue weighted by Crippen LogP contribution is -2.29. The summed E-state index contributed by atoms with van der Waals surface area (Å²) in [6.07, 6.45) is 1.07. The summed E-state index contributed by atoms with van der Waals surface area (Å²) in [7, 11) is 2.13. The second-order valence-corrected chi connectivity index (χ2v) is 4.38. The van der Waals surface area contributed by atoms with Crippen LogP contribution in [0.1, 0.15) is 24.9 Å². The Kier molecular flexibility index (Phi) is 3.46. The minimum atomic E-state index is 0.238. The molecule has 0 radical (unpaired) electrons. The summed E-state index contributed by atoms with van der Waals surface area (Å²) in [5, 5.41) is 0. The fraction of sp³-hybridized carbons (Fsp3) is 0.538. The largest absolute Gasteiger partial charge is 0.494 e. The molecule has 2 unspecified atom stereocenters. The summed E-state index contributed by atoms with van der Waals surface area (Å²) in [5.74, 6) is 0.938. The monoisotopic (exact) mass is 220 g/mol. The zero-order valence-electron chi connectivity index (χ0n) is 10.0. The average molecular weight is 220 g/mol. The van der Waals surface area contributed by atoms with Gasteiger partial charge in [0.1, 0.15) is 5.75 Å². The van der Waals surface area contributed by atoms with Crippen LogP contribution in [0.3, 0.4) is 0 Å². The van der Waals surface area contributed by atoms with Gasteiger partial charge in [0, 0.05) is 18.6 Å². The van der Waals surface area contributed by atoms with Crippen LogP contribution in [0.25, 0.3) is 0 Å². The number of likely N-dealkylation sites (tertiary alicyclic amines) is 1. The predicted molar refractivity (Wildman–Crippen MR) is 65.6 cm³/mol. The van der Waals surface area contributed by atoms with Crippen LogP contribution in [-0.4, -0.2) is 31.1 Å². The SMILES string of the molecule is CCOc1cccc(C2C(N)CCN2C)c1. The minimum absolute atomic E-state index is 0.238. The molecule has 2 N–H and O–H groups in total. The van der Waals surface area contributed by atoms with Gasteiger partial charge in [-0.25, -0.2) is 0 Å². The van der Waals surface area contributed by atoms with Crippen LogP contribution in [0.15, 0.2) is 24.3 Å². The number of nitrogens with zero attached hydrogens (tertiary/aromatic N) is 1. The molecule has 0 spiro atoms. The Morgan fingerprint density at radius 3 is 2.94 bits per heavy atom. The number of benzene rings is 1. The first kappa shape index (κ1) is 11.4. The first-order valence-electron chi connectivity index (χ1n) is 5.91. The molecule has 16 heavy (non-hydrogen) atoms. The van der Waals surface area contributed by atoms with E-state index in [0.717, 1.165) is 18.7 Å². The van der Waals surface area contributed by atoms with Crippen molar-refractivity contribution in [3.05, 3.63) is 29.8 Å². The van der Waals surface area contributed by atoms with Gasteiger partial charge in [-0.1, -0.05) is 12.1 Å². The highest BCUT2D eigenvalue weighted by atomic mass is 16.5. The van der Waals surface area contributed by atoms with Crippen molar-refractivity contribution in [2.24, 2.45) is 5.73 Å². The van der Waals surface area contributed by atoms with E-state index in [2.05, 4.69) is 24.1 Å². The molecule has 0 amide bonds. The van der Waals surface area contributed by atoms with Crippen molar-refractivity contribution < 1.29 is 4.74 Å². The summed E-state index contributed by atoms with van der Waals surface area (Å²) in [5.41, 5.74) is 7.41. The molecule has 2 rings (SSSR count). The number of nitrogens with two attached hydrogens (primary N) is 1. The fourth-order valence-electron chi connectivity index (χ4n) is 2.43. The van der Waals surface area contributed by atoms with E-state index in [4.69, 9.17) is 10.5 Å². The average Bonchev–Trinajstić information content (AvgIpc) is 2.59. The molecule has 1 aliphatic heterocycles. The van der Waals surface area contributed by atoms with E-state index in [1.54, 1.807) is 0 Å². The van der Waals surface area contributed by atoms with Gasteiger partial charge in [0.25, 0.3) is 0 Å². The van der Waals surface area contributed by atoms with Gasteiger partial charge in [-0.2, -0.15) is 0 Å². The van der Waals surface area contributed by atoms with Gasteiger partial charge in [0.05, 0.1) is 6.61 Å². The molecule has 88 valence electrons. The molecule has 0 bridgehead atoms. The number of hydrogen-bond acceptors (Lipinski definition) is 3. The molecular weight excluding hydrogens is 200 g/mol. The Balaban J connectivity index is 2.22. The zero-order valence-corrected chi connectivity index (χ0v) is 10.0. The normalized spacial score (nSPS) is 25.9. The van der Waals surface area contributed by atoms with Crippen LogP contribution in [-0.2, 0) is 0 Å². The van der Waals surface area contributed by atoms with E-state index in [1.807, 2.05) is 19.1 Å². The first-order chi connectivity index (χ1) is 7.72. The summed E-state index contributed by atoms with van der Waals surface area (Å²) in [6.45, 7) is 3.78. The summed E-state index contributed by atoms with van der Waals surface area (Å²) in [4.78, 5) is 2.32. The fourth-order valence-corrected chi connectivity index (χ4v) is 2.43. The Labute approximate surface area is 97.2 Å². The smallest absolute Gasteiger partial charge is 0.119 e. The molecule has 1 fully saturated rings. The Bertz CT molecular complexity index is 344. The van der Waals surface area contributed by atoms with Crippen LogP contribution in [0.4, 0.5) is 0 Å². The molecule has 1 heterocycles. The molecule has 1 saturated heterocycles. The summed E-state index contributed by atoms with van der Waals surface area (Å²) in [6, 6.07) is 8.85. The van der Waals surface area contributed by atoms with Crippen molar-refractivity contribution >= 4 is 0 Å². The number of likely N-dealkylation sites (N-methyl/N-ethyl adjacent to an activating group) is 1. The zero-order chi connectivity index (χ0) is 11.5. The van der Waals surface area contributed by atoms with Crippen molar-refractivity contribution in [3.8, 4) is 5.75 Å². The quantitative estimate of drug-likeness (QED) is 0.844. The van der Waals surface area contributed by atoms with E-state index in [-0.39, 0.29) is 6.04 Å². The van der Waals surface area contributed by atoms with E-state index < -0.39 is 0 Å². The summed E-state index contributed by atoms with van der Waals surface area (Å²) < 4.78 is 5.52. The molecule has 0 saturated carbocycles. The van der Waals surface area contributed by atoms with Gasteiger partial charge in [-0.15, -0.1) is 0 Å². The Morgan fingerprint density at radius 2 is 2.31 bits per heavy atom. The predicted octanol–water partition coefficient (Wildman–Crippen LogP) is 1.79. The first-order valence-corrected chi connectivity index (χ1v) is 5.91. The maximum Gasteiger partial charge on any atom is 0.119 e. The van der Waals surface area contributed by atoms with Crippen molar-refractivity contribution in [3.63, 3.8) is 0 Å². The van der Waals surface area contributed by atoms with Gasteiger partial charge in [0.2, 0.25) is 0 Å². The van der Waals surface area contributed by atoms with Gasteiger partial charge < -0.3 is 10.5 Å². The number of rotatable bonds is 3. The topological polar surface area (TPSA) is 38.5 Å². The highest BCUT2D eigenvalue weighted by molar-refractivity contribution is 5.32. The van der Waals surface area contributed by atoms with Crippen LogP contribution in [0.5, 0.6) is 5.75 Å². The van der Waals surface area contributed by atoms with E-state index >= 15 is 0 Å². The van der Waals surface area contributed by atoms with Crippen LogP contribution in [0, 0.1) is 0 Å². The molecule has 1 aliphatic rings. The highest BCUT2D eigenvalue weighted by Crippen LogP contribution is 2.31. The maximum atomic E-state index is 6.14. The minimum Gasteiger partial charge on any atom is -0.494 e. The van der Waals surface area contributed by atoms with Crippen LogP contribution in [0.2, 0.25) is 0 Å². The van der Waals surface area contributed by atoms with Crippen molar-refractivity contribution in [1.29, 1.82) is 0 Å². The number of hydrogen-bond donors (Lipinski definition) is 1. The molecule has 0 aliphatic carbocycles. The van der Waals surface area contributed by atoms with Crippen molar-refractivity contribution in [2.45, 2.75) is 25.4 Å². The lowest BCUT2D eigenvalue weighted by molar-refractivity contribution is 0.301. The third-order valence-electron chi connectivity index (χ3n) is 3.21. The van der Waals surface area contributed by atoms with Gasteiger partial charge in [0.15, 0.2) is 0 Å².